The van der Waals surface area contributed by atoms with Crippen molar-refractivity contribution in [2.75, 3.05) is 26.1 Å². The van der Waals surface area contributed by atoms with Gasteiger partial charge in [0.2, 0.25) is 0 Å². The van der Waals surface area contributed by atoms with Crippen LogP contribution < -0.4 is 10.1 Å². The largest absolute Gasteiger partial charge is 0.487 e. The number of hydrogen-bond acceptors (Lipinski definition) is 4. The standard InChI is InChI=1S/C17H26ClNO4/c1-6-9-17(3,22-5)16(20)19-13-7-8-15(14(18)10-13)23-12(2)11-21-4/h7-8,10,12H,6,9,11H2,1-5H3,(H,19,20)/t12-,17-/m0/s1. The predicted molar refractivity (Wildman–Crippen MR) is 92.4 cm³/mol. The zero-order chi connectivity index (χ0) is 17.5. The van der Waals surface area contributed by atoms with Crippen LogP contribution in [0.2, 0.25) is 5.02 Å². The highest BCUT2D eigenvalue weighted by Gasteiger charge is 2.32. The van der Waals surface area contributed by atoms with Crippen LogP contribution in [0.4, 0.5) is 5.69 Å². The van der Waals surface area contributed by atoms with Gasteiger partial charge in [-0.1, -0.05) is 24.9 Å². The Hall–Kier alpha value is -1.30. The summed E-state index contributed by atoms with van der Waals surface area (Å²) < 4.78 is 16.1. The Balaban J connectivity index is 2.79. The number of benzene rings is 1. The maximum Gasteiger partial charge on any atom is 0.256 e. The van der Waals surface area contributed by atoms with Gasteiger partial charge in [0.25, 0.3) is 5.91 Å². The Labute approximate surface area is 143 Å². The summed E-state index contributed by atoms with van der Waals surface area (Å²) in [6.07, 6.45) is 1.38. The highest BCUT2D eigenvalue weighted by atomic mass is 35.5. The molecular weight excluding hydrogens is 318 g/mol. The van der Waals surface area contributed by atoms with Crippen LogP contribution in [0.1, 0.15) is 33.6 Å². The molecule has 0 fully saturated rings. The average molecular weight is 344 g/mol. The molecule has 1 rings (SSSR count). The van der Waals surface area contributed by atoms with E-state index in [0.29, 0.717) is 29.5 Å². The molecule has 0 aliphatic carbocycles. The second kappa shape index (κ2) is 9.11. The molecule has 1 aromatic rings. The Morgan fingerprint density at radius 2 is 2.09 bits per heavy atom. The molecule has 130 valence electrons. The first kappa shape index (κ1) is 19.7. The SMILES string of the molecule is CCC[C@](C)(OC)C(=O)Nc1ccc(O[C@@H](C)COC)c(Cl)c1. The van der Waals surface area contributed by atoms with Gasteiger partial charge >= 0.3 is 0 Å². The summed E-state index contributed by atoms with van der Waals surface area (Å²) in [4.78, 5) is 12.4. The maximum atomic E-state index is 12.4. The van der Waals surface area contributed by atoms with Crippen LogP contribution in [0.3, 0.4) is 0 Å². The second-order valence-corrected chi connectivity index (χ2v) is 6.08. The fourth-order valence-corrected chi connectivity index (χ4v) is 2.43. The molecule has 6 heteroatoms. The van der Waals surface area contributed by atoms with E-state index >= 15 is 0 Å². The molecule has 0 radical (unpaired) electrons. The van der Waals surface area contributed by atoms with Crippen molar-refractivity contribution in [2.45, 2.75) is 45.3 Å². The number of amides is 1. The van der Waals surface area contributed by atoms with Crippen molar-refractivity contribution < 1.29 is 19.0 Å². The van der Waals surface area contributed by atoms with Crippen molar-refractivity contribution in [1.29, 1.82) is 0 Å². The number of halogens is 1. The number of carbonyl (C=O) groups is 1. The predicted octanol–water partition coefficient (Wildman–Crippen LogP) is 3.90. The van der Waals surface area contributed by atoms with E-state index in [2.05, 4.69) is 5.32 Å². The minimum Gasteiger partial charge on any atom is -0.487 e. The summed E-state index contributed by atoms with van der Waals surface area (Å²) in [5.41, 5.74) is -0.255. The van der Waals surface area contributed by atoms with Crippen molar-refractivity contribution in [2.24, 2.45) is 0 Å². The van der Waals surface area contributed by atoms with E-state index in [0.717, 1.165) is 6.42 Å². The second-order valence-electron chi connectivity index (χ2n) is 5.67. The Morgan fingerprint density at radius 1 is 1.39 bits per heavy atom. The minimum absolute atomic E-state index is 0.112. The van der Waals surface area contributed by atoms with E-state index < -0.39 is 5.60 Å². The lowest BCUT2D eigenvalue weighted by molar-refractivity contribution is -0.136. The number of rotatable bonds is 9. The van der Waals surface area contributed by atoms with E-state index in [-0.39, 0.29) is 12.0 Å². The third-order valence-corrected chi connectivity index (χ3v) is 3.87. The number of carbonyl (C=O) groups excluding carboxylic acids is 1. The third kappa shape index (κ3) is 5.68. The average Bonchev–Trinajstić information content (AvgIpc) is 2.50. The highest BCUT2D eigenvalue weighted by Crippen LogP contribution is 2.29. The Kier molecular flexibility index (Phi) is 7.82. The van der Waals surface area contributed by atoms with Crippen molar-refractivity contribution in [3.05, 3.63) is 23.2 Å². The first-order valence-electron chi connectivity index (χ1n) is 7.68. The lowest BCUT2D eigenvalue weighted by atomic mass is 9.99. The summed E-state index contributed by atoms with van der Waals surface area (Å²) >= 11 is 6.22. The topological polar surface area (TPSA) is 56.8 Å². The van der Waals surface area contributed by atoms with Crippen LogP contribution in [0.15, 0.2) is 18.2 Å². The molecule has 0 aliphatic rings. The molecule has 0 aliphatic heterocycles. The van der Waals surface area contributed by atoms with Crippen LogP contribution in [0, 0.1) is 0 Å². The minimum atomic E-state index is -0.858. The molecule has 1 aromatic carbocycles. The molecule has 2 atom stereocenters. The lowest BCUT2D eigenvalue weighted by Gasteiger charge is -2.26. The van der Waals surface area contributed by atoms with Gasteiger partial charge in [0.15, 0.2) is 0 Å². The molecule has 0 bridgehead atoms. The van der Waals surface area contributed by atoms with E-state index in [1.165, 1.54) is 7.11 Å². The van der Waals surface area contributed by atoms with Gasteiger partial charge in [0.05, 0.1) is 11.6 Å². The first-order chi connectivity index (χ1) is 10.9. The van der Waals surface area contributed by atoms with E-state index in [9.17, 15) is 4.79 Å². The molecule has 1 amide bonds. The van der Waals surface area contributed by atoms with Crippen LogP contribution >= 0.6 is 11.6 Å². The lowest BCUT2D eigenvalue weighted by Crippen LogP contribution is -2.41. The van der Waals surface area contributed by atoms with Crippen LogP contribution in [-0.2, 0) is 14.3 Å². The van der Waals surface area contributed by atoms with Gasteiger partial charge in [0, 0.05) is 19.9 Å². The number of anilines is 1. The van der Waals surface area contributed by atoms with Gasteiger partial charge in [-0.3, -0.25) is 4.79 Å². The fourth-order valence-electron chi connectivity index (χ4n) is 2.21. The zero-order valence-electron chi connectivity index (χ0n) is 14.4. The molecular formula is C17H26ClNO4. The van der Waals surface area contributed by atoms with E-state index in [1.54, 1.807) is 32.2 Å². The summed E-state index contributed by atoms with van der Waals surface area (Å²) in [6.45, 7) is 6.15. The number of hydrogen-bond donors (Lipinski definition) is 1. The van der Waals surface area contributed by atoms with Crippen LogP contribution in [0.5, 0.6) is 5.75 Å². The summed E-state index contributed by atoms with van der Waals surface area (Å²) in [6, 6.07) is 5.14. The number of ether oxygens (including phenoxy) is 3. The quantitative estimate of drug-likeness (QED) is 0.738. The summed E-state index contributed by atoms with van der Waals surface area (Å²) in [7, 11) is 3.15. The van der Waals surface area contributed by atoms with Gasteiger partial charge in [-0.15, -0.1) is 0 Å². The van der Waals surface area contributed by atoms with Gasteiger partial charge in [-0.2, -0.15) is 0 Å². The van der Waals surface area contributed by atoms with E-state index in [4.69, 9.17) is 25.8 Å². The first-order valence-corrected chi connectivity index (χ1v) is 8.05. The van der Waals surface area contributed by atoms with Crippen molar-refractivity contribution >= 4 is 23.2 Å². The third-order valence-electron chi connectivity index (χ3n) is 3.58. The number of methoxy groups -OCH3 is 2. The van der Waals surface area contributed by atoms with E-state index in [1.807, 2.05) is 13.8 Å². The molecule has 23 heavy (non-hydrogen) atoms. The zero-order valence-corrected chi connectivity index (χ0v) is 15.2. The molecule has 0 aromatic heterocycles. The molecule has 5 nitrogen and oxygen atoms in total. The van der Waals surface area contributed by atoms with Crippen LogP contribution in [0.25, 0.3) is 0 Å². The molecule has 0 spiro atoms. The monoisotopic (exact) mass is 343 g/mol. The molecule has 0 saturated heterocycles. The van der Waals surface area contributed by atoms with Crippen LogP contribution in [-0.4, -0.2) is 38.4 Å². The Morgan fingerprint density at radius 3 is 2.61 bits per heavy atom. The normalized spacial score (nSPS) is 14.9. The summed E-state index contributed by atoms with van der Waals surface area (Å²) in [5.74, 6) is 0.358. The van der Waals surface area contributed by atoms with Gasteiger partial charge in [0.1, 0.15) is 17.5 Å². The van der Waals surface area contributed by atoms with Crippen molar-refractivity contribution in [3.8, 4) is 5.75 Å². The highest BCUT2D eigenvalue weighted by molar-refractivity contribution is 6.32. The van der Waals surface area contributed by atoms with Gasteiger partial charge in [-0.25, -0.2) is 0 Å². The molecule has 1 N–H and O–H groups in total. The molecule has 0 saturated carbocycles. The fraction of sp³-hybridized carbons (Fsp3) is 0.588. The maximum absolute atomic E-state index is 12.4. The summed E-state index contributed by atoms with van der Waals surface area (Å²) in [5, 5.41) is 3.27. The van der Waals surface area contributed by atoms with Crippen molar-refractivity contribution in [1.82, 2.24) is 0 Å². The smallest absolute Gasteiger partial charge is 0.256 e. The van der Waals surface area contributed by atoms with Gasteiger partial charge < -0.3 is 19.5 Å². The molecule has 0 unspecified atom stereocenters. The molecule has 0 heterocycles. The Bertz CT molecular complexity index is 523. The van der Waals surface area contributed by atoms with Gasteiger partial charge in [-0.05, 0) is 38.5 Å². The number of nitrogens with one attached hydrogen (secondary N) is 1. The van der Waals surface area contributed by atoms with Crippen molar-refractivity contribution in [3.63, 3.8) is 0 Å².